The molecular weight excluding hydrogens is 525 g/mol. The number of carbonyl (C=O) groups excluding carboxylic acids is 3. The Hall–Kier alpha value is -4.20. The lowest BCUT2D eigenvalue weighted by molar-refractivity contribution is -0.149. The molecule has 0 unspecified atom stereocenters. The maximum Gasteiger partial charge on any atom is 0.308 e. The van der Waals surface area contributed by atoms with Crippen LogP contribution in [0.15, 0.2) is 72.8 Å². The van der Waals surface area contributed by atoms with Crippen LogP contribution in [-0.2, 0) is 16.1 Å². The number of esters is 1. The van der Waals surface area contributed by atoms with Gasteiger partial charge in [0.2, 0.25) is 0 Å². The molecule has 7 nitrogen and oxygen atoms in total. The van der Waals surface area contributed by atoms with Crippen LogP contribution < -0.4 is 14.8 Å². The minimum atomic E-state index is -0.314. The summed E-state index contributed by atoms with van der Waals surface area (Å²) in [5.74, 6) is 0.582. The van der Waals surface area contributed by atoms with Crippen LogP contribution in [0.25, 0.3) is 0 Å². The maximum atomic E-state index is 13.3. The van der Waals surface area contributed by atoms with Crippen LogP contribution in [0.3, 0.4) is 0 Å². The van der Waals surface area contributed by atoms with Crippen molar-refractivity contribution >= 4 is 17.7 Å². The van der Waals surface area contributed by atoms with Crippen LogP contribution in [0.5, 0.6) is 11.5 Å². The predicted octanol–water partition coefficient (Wildman–Crippen LogP) is 6.30. The number of ketones is 1. The number of Topliss-reactive ketones (excluding diaryl/α,β-unsaturated/α-hetero) is 1. The fraction of sp³-hybridized carbons (Fsp3) is 0.364. The van der Waals surface area contributed by atoms with Gasteiger partial charge in [0.05, 0.1) is 18.6 Å². The molecular formula is C33H36FNO6. The van der Waals surface area contributed by atoms with Gasteiger partial charge in [-0.1, -0.05) is 12.1 Å². The second-order valence-corrected chi connectivity index (χ2v) is 10.1. The maximum absolute atomic E-state index is 13.3. The highest BCUT2D eigenvalue weighted by atomic mass is 19.1. The van der Waals surface area contributed by atoms with Crippen LogP contribution in [0.1, 0.15) is 71.7 Å². The first-order valence-electron chi connectivity index (χ1n) is 14.1. The van der Waals surface area contributed by atoms with Crippen molar-refractivity contribution in [3.05, 3.63) is 95.3 Å². The molecule has 0 bridgehead atoms. The summed E-state index contributed by atoms with van der Waals surface area (Å²) >= 11 is 0. The number of carbonyl (C=O) groups is 3. The molecule has 216 valence electrons. The second kappa shape index (κ2) is 15.0. The van der Waals surface area contributed by atoms with E-state index in [0.29, 0.717) is 48.6 Å². The molecule has 3 aromatic rings. The Balaban J connectivity index is 1.13. The molecule has 0 aliphatic heterocycles. The summed E-state index contributed by atoms with van der Waals surface area (Å²) in [5, 5.41) is 2.84. The Morgan fingerprint density at radius 1 is 0.878 bits per heavy atom. The first-order chi connectivity index (χ1) is 19.9. The molecule has 0 heterocycles. The van der Waals surface area contributed by atoms with Gasteiger partial charge in [-0.2, -0.15) is 0 Å². The third-order valence-electron chi connectivity index (χ3n) is 7.05. The Bertz CT molecular complexity index is 1300. The summed E-state index contributed by atoms with van der Waals surface area (Å²) in [6.07, 6.45) is 3.99. The monoisotopic (exact) mass is 561 g/mol. The van der Waals surface area contributed by atoms with Crippen molar-refractivity contribution in [1.29, 1.82) is 0 Å². The van der Waals surface area contributed by atoms with Gasteiger partial charge in [0.15, 0.2) is 5.78 Å². The summed E-state index contributed by atoms with van der Waals surface area (Å²) in [6, 6.07) is 20.1. The van der Waals surface area contributed by atoms with Crippen LogP contribution in [0, 0.1) is 11.7 Å². The third kappa shape index (κ3) is 9.17. The number of hydrogen-bond acceptors (Lipinski definition) is 6. The van der Waals surface area contributed by atoms with Crippen LogP contribution in [0.2, 0.25) is 0 Å². The van der Waals surface area contributed by atoms with Gasteiger partial charge in [-0.05, 0) is 105 Å². The number of hydrogen-bond donors (Lipinski definition) is 1. The standard InChI is InChI=1S/C33H36FNO6/c1-2-39-33(38)26-12-18-30(19-13-26)41-29-16-8-24(9-17-29)31(36)7-4-20-35-32(37)25-10-14-28(15-11-25)40-22-23-5-3-6-27(34)21-23/h3,5-6,8-11,14-17,21,26,30H,2,4,7,12-13,18-20,22H2,1H3,(H,35,37). The van der Waals surface area contributed by atoms with Crippen LogP contribution in [-0.4, -0.2) is 36.9 Å². The van der Waals surface area contributed by atoms with Gasteiger partial charge in [0, 0.05) is 24.1 Å². The summed E-state index contributed by atoms with van der Waals surface area (Å²) in [4.78, 5) is 37.0. The van der Waals surface area contributed by atoms with E-state index in [1.807, 2.05) is 6.92 Å². The van der Waals surface area contributed by atoms with E-state index in [4.69, 9.17) is 14.2 Å². The molecule has 1 aliphatic carbocycles. The molecule has 0 spiro atoms. The molecule has 1 amide bonds. The number of nitrogens with one attached hydrogen (secondary N) is 1. The third-order valence-corrected chi connectivity index (χ3v) is 7.05. The Kier molecular flexibility index (Phi) is 10.9. The fourth-order valence-electron chi connectivity index (χ4n) is 4.78. The van der Waals surface area contributed by atoms with Crippen molar-refractivity contribution in [3.63, 3.8) is 0 Å². The van der Waals surface area contributed by atoms with Crippen molar-refractivity contribution in [2.75, 3.05) is 13.2 Å². The van der Waals surface area contributed by atoms with E-state index < -0.39 is 0 Å². The topological polar surface area (TPSA) is 90.9 Å². The van der Waals surface area contributed by atoms with Gasteiger partial charge in [0.25, 0.3) is 5.91 Å². The highest BCUT2D eigenvalue weighted by molar-refractivity contribution is 5.96. The van der Waals surface area contributed by atoms with E-state index in [9.17, 15) is 18.8 Å². The average Bonchev–Trinajstić information content (AvgIpc) is 2.99. The number of rotatable bonds is 13. The molecule has 0 radical (unpaired) electrons. The first-order valence-corrected chi connectivity index (χ1v) is 14.1. The first kappa shape index (κ1) is 29.8. The van der Waals surface area contributed by atoms with E-state index in [2.05, 4.69) is 5.32 Å². The average molecular weight is 562 g/mol. The van der Waals surface area contributed by atoms with Crippen LogP contribution in [0.4, 0.5) is 4.39 Å². The Morgan fingerprint density at radius 3 is 2.24 bits per heavy atom. The number of halogens is 1. The van der Waals surface area contributed by atoms with Crippen LogP contribution >= 0.6 is 0 Å². The van der Waals surface area contributed by atoms with Gasteiger partial charge in [-0.3, -0.25) is 14.4 Å². The lowest BCUT2D eigenvalue weighted by Crippen LogP contribution is -2.29. The molecule has 3 aromatic carbocycles. The van der Waals surface area contributed by atoms with Crippen molar-refractivity contribution in [2.24, 2.45) is 5.92 Å². The lowest BCUT2D eigenvalue weighted by Gasteiger charge is -2.27. The molecule has 1 fully saturated rings. The Morgan fingerprint density at radius 2 is 1.56 bits per heavy atom. The molecule has 4 rings (SSSR count). The van der Waals surface area contributed by atoms with Gasteiger partial charge in [-0.25, -0.2) is 4.39 Å². The second-order valence-electron chi connectivity index (χ2n) is 10.1. The summed E-state index contributed by atoms with van der Waals surface area (Å²) in [6.45, 7) is 2.82. The minimum absolute atomic E-state index is 0.000503. The smallest absolute Gasteiger partial charge is 0.308 e. The number of amides is 1. The van der Waals surface area contributed by atoms with Crippen molar-refractivity contribution in [3.8, 4) is 11.5 Å². The van der Waals surface area contributed by atoms with E-state index in [0.717, 1.165) is 31.2 Å². The van der Waals surface area contributed by atoms with E-state index in [1.54, 1.807) is 60.7 Å². The number of benzene rings is 3. The van der Waals surface area contributed by atoms with E-state index in [1.165, 1.54) is 12.1 Å². The molecule has 1 saturated carbocycles. The molecule has 1 aliphatic rings. The molecule has 8 heteroatoms. The summed E-state index contributed by atoms with van der Waals surface area (Å²) in [7, 11) is 0. The molecule has 0 atom stereocenters. The normalized spacial score (nSPS) is 16.4. The summed E-state index contributed by atoms with van der Waals surface area (Å²) < 4.78 is 30.1. The molecule has 1 N–H and O–H groups in total. The van der Waals surface area contributed by atoms with Gasteiger partial charge < -0.3 is 19.5 Å². The Labute approximate surface area is 240 Å². The fourth-order valence-corrected chi connectivity index (χ4v) is 4.78. The van der Waals surface area contributed by atoms with Gasteiger partial charge >= 0.3 is 5.97 Å². The van der Waals surface area contributed by atoms with E-state index in [-0.39, 0.29) is 42.1 Å². The zero-order valence-electron chi connectivity index (χ0n) is 23.3. The zero-order chi connectivity index (χ0) is 29.0. The zero-order valence-corrected chi connectivity index (χ0v) is 23.3. The van der Waals surface area contributed by atoms with Gasteiger partial charge in [-0.15, -0.1) is 0 Å². The van der Waals surface area contributed by atoms with Crippen molar-refractivity contribution in [1.82, 2.24) is 5.32 Å². The SMILES string of the molecule is CCOC(=O)C1CCC(Oc2ccc(C(=O)CCCNC(=O)c3ccc(OCc4cccc(F)c4)cc3)cc2)CC1. The molecule has 0 saturated heterocycles. The quantitative estimate of drug-likeness (QED) is 0.150. The minimum Gasteiger partial charge on any atom is -0.490 e. The largest absolute Gasteiger partial charge is 0.490 e. The summed E-state index contributed by atoms with van der Waals surface area (Å²) in [5.41, 5.74) is 1.81. The number of ether oxygens (including phenoxy) is 3. The highest BCUT2D eigenvalue weighted by Crippen LogP contribution is 2.29. The van der Waals surface area contributed by atoms with Crippen molar-refractivity contribution in [2.45, 2.75) is 58.2 Å². The molecule has 41 heavy (non-hydrogen) atoms. The van der Waals surface area contributed by atoms with E-state index >= 15 is 0 Å². The van der Waals surface area contributed by atoms with Gasteiger partial charge in [0.1, 0.15) is 23.9 Å². The highest BCUT2D eigenvalue weighted by Gasteiger charge is 2.28. The van der Waals surface area contributed by atoms with Crippen molar-refractivity contribution < 1.29 is 33.0 Å². The molecule has 0 aromatic heterocycles. The lowest BCUT2D eigenvalue weighted by atomic mass is 9.87. The predicted molar refractivity (Wildman–Crippen MR) is 153 cm³/mol.